The van der Waals surface area contributed by atoms with Crippen LogP contribution in [-0.2, 0) is 4.79 Å². The van der Waals surface area contributed by atoms with Gasteiger partial charge in [-0.05, 0) is 49.5 Å². The van der Waals surface area contributed by atoms with Crippen LogP contribution in [0.3, 0.4) is 0 Å². The van der Waals surface area contributed by atoms with Crippen molar-refractivity contribution in [2.45, 2.75) is 13.8 Å². The molecule has 1 aliphatic carbocycles. The number of aliphatic hydroxyl groups excluding tert-OH is 1. The molecule has 122 valence electrons. The summed E-state index contributed by atoms with van der Waals surface area (Å²) in [5.41, 5.74) is 2.16. The molecule has 0 unspecified atom stereocenters. The summed E-state index contributed by atoms with van der Waals surface area (Å²) in [5.74, 6) is -0.326. The van der Waals surface area contributed by atoms with Crippen LogP contribution >= 0.6 is 0 Å². The average Bonchev–Trinajstić information content (AvgIpc) is 2.56. The van der Waals surface area contributed by atoms with E-state index in [4.69, 9.17) is 0 Å². The van der Waals surface area contributed by atoms with E-state index in [1.165, 1.54) is 18.2 Å². The number of aliphatic imine (C=N–C) groups is 1. The highest BCUT2D eigenvalue weighted by molar-refractivity contribution is 6.19. The number of hydrogen-bond acceptors (Lipinski definition) is 5. The van der Waals surface area contributed by atoms with Crippen LogP contribution in [0, 0.1) is 0 Å². The van der Waals surface area contributed by atoms with Gasteiger partial charge in [-0.2, -0.15) is 0 Å². The maximum Gasteiger partial charge on any atom is 0.182 e. The molecule has 0 spiro atoms. The van der Waals surface area contributed by atoms with E-state index in [1.807, 2.05) is 24.3 Å². The number of nitrogens with one attached hydrogen (secondary N) is 1. The highest BCUT2D eigenvalue weighted by atomic mass is 16.3. The Bertz CT molecular complexity index is 626. The Kier molecular flexibility index (Phi) is 6.11. The molecule has 5 heteroatoms. The second-order valence-corrected chi connectivity index (χ2v) is 5.26. The van der Waals surface area contributed by atoms with Crippen LogP contribution in [0.1, 0.15) is 13.8 Å². The van der Waals surface area contributed by atoms with E-state index in [0.717, 1.165) is 37.6 Å². The summed E-state index contributed by atoms with van der Waals surface area (Å²) in [7, 11) is 0. The lowest BCUT2D eigenvalue weighted by molar-refractivity contribution is -0.110. The molecule has 0 saturated carbocycles. The summed E-state index contributed by atoms with van der Waals surface area (Å²) in [6, 6.07) is 7.68. The zero-order chi connectivity index (χ0) is 16.7. The quantitative estimate of drug-likeness (QED) is 0.759. The van der Waals surface area contributed by atoms with Gasteiger partial charge in [-0.1, -0.05) is 13.8 Å². The number of benzene rings is 1. The number of hydrogen-bond donors (Lipinski definition) is 2. The minimum Gasteiger partial charge on any atom is -0.506 e. The van der Waals surface area contributed by atoms with Gasteiger partial charge < -0.3 is 15.3 Å². The van der Waals surface area contributed by atoms with Crippen LogP contribution < -0.4 is 5.32 Å². The zero-order valence-corrected chi connectivity index (χ0v) is 13.6. The van der Waals surface area contributed by atoms with E-state index in [2.05, 4.69) is 29.1 Å². The van der Waals surface area contributed by atoms with Gasteiger partial charge in [0, 0.05) is 24.9 Å². The Hall–Kier alpha value is -2.40. The Morgan fingerprint density at radius 1 is 1.13 bits per heavy atom. The first-order chi connectivity index (χ1) is 11.1. The van der Waals surface area contributed by atoms with Crippen molar-refractivity contribution in [3.05, 3.63) is 48.3 Å². The third kappa shape index (κ3) is 5.07. The highest BCUT2D eigenvalue weighted by Crippen LogP contribution is 2.18. The van der Waals surface area contributed by atoms with Crippen molar-refractivity contribution < 1.29 is 9.90 Å². The molecule has 23 heavy (non-hydrogen) atoms. The number of nitrogens with zero attached hydrogens (tertiary/aromatic N) is 2. The lowest BCUT2D eigenvalue weighted by Gasteiger charge is -2.18. The molecule has 1 aromatic rings. The molecule has 0 heterocycles. The second-order valence-electron chi connectivity index (χ2n) is 5.26. The maximum atomic E-state index is 11.1. The largest absolute Gasteiger partial charge is 0.506 e. The average molecular weight is 313 g/mol. The van der Waals surface area contributed by atoms with Gasteiger partial charge in [-0.25, -0.2) is 4.99 Å². The van der Waals surface area contributed by atoms with Crippen LogP contribution in [0.15, 0.2) is 53.2 Å². The van der Waals surface area contributed by atoms with Gasteiger partial charge in [0.2, 0.25) is 0 Å². The standard InChI is InChI=1S/C18H23N3O2/c1-3-21(4-2)12-11-19-14-5-7-15(8-6-14)20-17-10-9-16(22)13-18(17)23/h5-10,13,19,23H,3-4,11-12H2,1-2H3. The molecular formula is C18H23N3O2. The molecule has 0 amide bonds. The number of rotatable bonds is 7. The number of likely N-dealkylation sites (N-methyl/N-ethyl adjacent to an activating group) is 1. The Labute approximate surface area is 137 Å². The molecule has 1 aromatic carbocycles. The Morgan fingerprint density at radius 3 is 2.43 bits per heavy atom. The van der Waals surface area contributed by atoms with Crippen molar-refractivity contribution in [1.29, 1.82) is 0 Å². The fourth-order valence-electron chi connectivity index (χ4n) is 2.29. The van der Waals surface area contributed by atoms with Gasteiger partial charge in [-0.3, -0.25) is 4.79 Å². The smallest absolute Gasteiger partial charge is 0.182 e. The Morgan fingerprint density at radius 2 is 1.83 bits per heavy atom. The van der Waals surface area contributed by atoms with E-state index in [1.54, 1.807) is 0 Å². The number of carbonyl (C=O) groups excluding carboxylic acids is 1. The molecule has 0 radical (unpaired) electrons. The molecule has 0 aliphatic heterocycles. The van der Waals surface area contributed by atoms with Gasteiger partial charge in [0.15, 0.2) is 5.78 Å². The molecule has 0 saturated heterocycles. The van der Waals surface area contributed by atoms with Crippen LogP contribution in [0.5, 0.6) is 0 Å². The van der Waals surface area contributed by atoms with Crippen molar-refractivity contribution in [2.24, 2.45) is 4.99 Å². The first kappa shape index (κ1) is 17.0. The molecule has 1 aliphatic rings. The molecule has 2 N–H and O–H groups in total. The first-order valence-electron chi connectivity index (χ1n) is 7.90. The zero-order valence-electron chi connectivity index (χ0n) is 13.6. The first-order valence-corrected chi connectivity index (χ1v) is 7.90. The van der Waals surface area contributed by atoms with Crippen molar-refractivity contribution in [2.75, 3.05) is 31.5 Å². The van der Waals surface area contributed by atoms with Crippen molar-refractivity contribution >= 4 is 22.9 Å². The van der Waals surface area contributed by atoms with Gasteiger partial charge in [-0.15, -0.1) is 0 Å². The summed E-state index contributed by atoms with van der Waals surface area (Å²) >= 11 is 0. The predicted octanol–water partition coefficient (Wildman–Crippen LogP) is 3.09. The summed E-state index contributed by atoms with van der Waals surface area (Å²) in [6.45, 7) is 8.34. The molecule has 0 aromatic heterocycles. The van der Waals surface area contributed by atoms with Crippen LogP contribution in [-0.4, -0.2) is 47.7 Å². The number of aliphatic hydroxyl groups is 1. The van der Waals surface area contributed by atoms with E-state index in [9.17, 15) is 9.90 Å². The molecule has 0 fully saturated rings. The van der Waals surface area contributed by atoms with Crippen molar-refractivity contribution in [3.8, 4) is 0 Å². The fourth-order valence-corrected chi connectivity index (χ4v) is 2.29. The van der Waals surface area contributed by atoms with E-state index in [0.29, 0.717) is 5.71 Å². The summed E-state index contributed by atoms with van der Waals surface area (Å²) in [4.78, 5) is 17.8. The van der Waals surface area contributed by atoms with Crippen molar-refractivity contribution in [3.63, 3.8) is 0 Å². The minimum atomic E-state index is -0.228. The van der Waals surface area contributed by atoms with Gasteiger partial charge in [0.1, 0.15) is 11.5 Å². The van der Waals surface area contributed by atoms with Gasteiger partial charge in [0.05, 0.1) is 5.69 Å². The summed E-state index contributed by atoms with van der Waals surface area (Å²) in [5, 5.41) is 13.1. The number of carbonyl (C=O) groups is 1. The lowest BCUT2D eigenvalue weighted by atomic mass is 10.1. The molecule has 5 nitrogen and oxygen atoms in total. The Balaban J connectivity index is 1.94. The maximum absolute atomic E-state index is 11.1. The van der Waals surface area contributed by atoms with E-state index in [-0.39, 0.29) is 11.5 Å². The van der Waals surface area contributed by atoms with Crippen molar-refractivity contribution in [1.82, 2.24) is 4.90 Å². The van der Waals surface area contributed by atoms with E-state index < -0.39 is 0 Å². The highest BCUT2D eigenvalue weighted by Gasteiger charge is 2.09. The molecule has 0 atom stereocenters. The number of ketones is 1. The molecule has 0 bridgehead atoms. The summed E-state index contributed by atoms with van der Waals surface area (Å²) < 4.78 is 0. The van der Waals surface area contributed by atoms with Crippen LogP contribution in [0.25, 0.3) is 0 Å². The van der Waals surface area contributed by atoms with Crippen LogP contribution in [0.4, 0.5) is 11.4 Å². The van der Waals surface area contributed by atoms with E-state index >= 15 is 0 Å². The second kappa shape index (κ2) is 8.29. The van der Waals surface area contributed by atoms with Crippen LogP contribution in [0.2, 0.25) is 0 Å². The number of allylic oxidation sites excluding steroid dienone is 3. The monoisotopic (exact) mass is 313 g/mol. The summed E-state index contributed by atoms with van der Waals surface area (Å²) in [6.07, 6.45) is 4.08. The lowest BCUT2D eigenvalue weighted by Crippen LogP contribution is -2.28. The topological polar surface area (TPSA) is 64.9 Å². The number of anilines is 1. The predicted molar refractivity (Wildman–Crippen MR) is 94.7 cm³/mol. The van der Waals surface area contributed by atoms with Gasteiger partial charge in [0.25, 0.3) is 0 Å². The third-order valence-corrected chi connectivity index (χ3v) is 3.72. The molecular weight excluding hydrogens is 290 g/mol. The van der Waals surface area contributed by atoms with Gasteiger partial charge >= 0.3 is 0 Å². The SMILES string of the molecule is CCN(CC)CCNc1ccc(N=C2C=CC(=O)C=C2O)cc1. The fraction of sp³-hybridized carbons (Fsp3) is 0.333. The normalized spacial score (nSPS) is 16.0. The molecule has 2 rings (SSSR count). The third-order valence-electron chi connectivity index (χ3n) is 3.72. The minimum absolute atomic E-state index is 0.0982.